The molecule has 0 saturated carbocycles. The maximum Gasteiger partial charge on any atom is 0.376 e. The van der Waals surface area contributed by atoms with Gasteiger partial charge in [0.2, 0.25) is 5.78 Å². The number of carbonyl (C=O) groups is 1. The first kappa shape index (κ1) is 10.1. The minimum Gasteiger partial charge on any atom is -0.287 e. The molecule has 6 heteroatoms. The second-order valence-electron chi connectivity index (χ2n) is 3.17. The average molecular weight is 222 g/mol. The Balaban J connectivity index is 2.74. The molecule has 1 nitrogen and oxygen atoms in total. The Morgan fingerprint density at radius 2 is 1.60 bits per heavy atom. The molecule has 0 bridgehead atoms. The zero-order valence-corrected chi connectivity index (χ0v) is 7.03. The number of hydrogen-bond acceptors (Lipinski definition) is 1. The summed E-state index contributed by atoms with van der Waals surface area (Å²) in [5.74, 6) is -12.4. The molecule has 1 aromatic carbocycles. The number of rotatable bonds is 0. The van der Waals surface area contributed by atoms with Crippen LogP contribution in [0, 0.1) is 5.82 Å². The number of halogens is 5. The molecule has 2 rings (SSSR count). The fourth-order valence-corrected chi connectivity index (χ4v) is 1.46. The normalized spacial score (nSPS) is 21.5. The van der Waals surface area contributed by atoms with E-state index in [2.05, 4.69) is 0 Å². The van der Waals surface area contributed by atoms with Crippen molar-refractivity contribution < 1.29 is 26.7 Å². The van der Waals surface area contributed by atoms with E-state index in [1.165, 1.54) is 0 Å². The molecule has 0 heterocycles. The molecule has 0 amide bonds. The van der Waals surface area contributed by atoms with Crippen LogP contribution in [0.4, 0.5) is 22.0 Å². The van der Waals surface area contributed by atoms with Crippen molar-refractivity contribution in [3.05, 3.63) is 35.1 Å². The van der Waals surface area contributed by atoms with Crippen molar-refractivity contribution in [1.82, 2.24) is 0 Å². The Labute approximate surface area is 80.5 Å². The minimum absolute atomic E-state index is 0.395. The quantitative estimate of drug-likeness (QED) is 0.617. The zero-order chi connectivity index (χ0) is 11.4. The highest BCUT2D eigenvalue weighted by Crippen LogP contribution is 2.51. The lowest BCUT2D eigenvalue weighted by molar-refractivity contribution is -0.176. The number of hydrogen-bond donors (Lipinski definition) is 0. The molecule has 0 atom stereocenters. The second kappa shape index (κ2) is 2.56. The monoisotopic (exact) mass is 222 g/mol. The van der Waals surface area contributed by atoms with E-state index in [1.54, 1.807) is 0 Å². The molecule has 0 aliphatic heterocycles. The molecule has 0 saturated heterocycles. The molecule has 0 radical (unpaired) electrons. The Bertz CT molecular complexity index is 452. The van der Waals surface area contributed by atoms with E-state index < -0.39 is 34.6 Å². The van der Waals surface area contributed by atoms with Gasteiger partial charge >= 0.3 is 11.8 Å². The van der Waals surface area contributed by atoms with Crippen LogP contribution in [0.1, 0.15) is 15.9 Å². The van der Waals surface area contributed by atoms with Crippen LogP contribution in [0.25, 0.3) is 0 Å². The topological polar surface area (TPSA) is 17.1 Å². The molecule has 1 aliphatic rings. The van der Waals surface area contributed by atoms with E-state index >= 15 is 0 Å². The van der Waals surface area contributed by atoms with Gasteiger partial charge in [-0.3, -0.25) is 4.79 Å². The molecule has 1 aromatic rings. The second-order valence-corrected chi connectivity index (χ2v) is 3.17. The van der Waals surface area contributed by atoms with Crippen molar-refractivity contribution in [3.8, 4) is 0 Å². The fraction of sp³-hybridized carbons (Fsp3) is 0.222. The van der Waals surface area contributed by atoms with Crippen molar-refractivity contribution in [1.29, 1.82) is 0 Å². The summed E-state index contributed by atoms with van der Waals surface area (Å²) in [5.41, 5.74) is -2.08. The van der Waals surface area contributed by atoms with Gasteiger partial charge in [-0.15, -0.1) is 0 Å². The molecule has 0 fully saturated rings. The zero-order valence-electron chi connectivity index (χ0n) is 7.03. The molecular weight excluding hydrogens is 219 g/mol. The van der Waals surface area contributed by atoms with Gasteiger partial charge in [-0.25, -0.2) is 4.39 Å². The van der Waals surface area contributed by atoms with Gasteiger partial charge in [-0.1, -0.05) is 0 Å². The number of Topliss-reactive ketones (excluding diaryl/α,β-unsaturated/α-hetero) is 1. The fourth-order valence-electron chi connectivity index (χ4n) is 1.46. The summed E-state index contributed by atoms with van der Waals surface area (Å²) in [4.78, 5) is 10.9. The van der Waals surface area contributed by atoms with Crippen molar-refractivity contribution >= 4 is 5.78 Å². The van der Waals surface area contributed by atoms with Gasteiger partial charge < -0.3 is 0 Å². The lowest BCUT2D eigenvalue weighted by Gasteiger charge is -2.16. The van der Waals surface area contributed by atoms with E-state index in [0.29, 0.717) is 18.2 Å². The minimum atomic E-state index is -4.79. The lowest BCUT2D eigenvalue weighted by atomic mass is 10.1. The van der Waals surface area contributed by atoms with E-state index in [-0.39, 0.29) is 0 Å². The standard InChI is InChI=1S/C9H3F5O/c10-4-1-2-6-5(3-4)7(15)9(13,14)8(6,11)12/h1-3H. The Hall–Kier alpha value is -1.46. The van der Waals surface area contributed by atoms with Gasteiger partial charge in [0.1, 0.15) is 5.82 Å². The number of ketones is 1. The van der Waals surface area contributed by atoms with Gasteiger partial charge in [-0.05, 0) is 18.2 Å². The average Bonchev–Trinajstić information content (AvgIpc) is 2.26. The Morgan fingerprint density at radius 1 is 1.00 bits per heavy atom. The number of alkyl halides is 4. The summed E-state index contributed by atoms with van der Waals surface area (Å²) in [7, 11) is 0. The molecule has 15 heavy (non-hydrogen) atoms. The molecule has 1 aliphatic carbocycles. The third-order valence-electron chi connectivity index (χ3n) is 2.24. The number of carbonyl (C=O) groups excluding carboxylic acids is 1. The van der Waals surface area contributed by atoms with Crippen LogP contribution in [0.3, 0.4) is 0 Å². The van der Waals surface area contributed by atoms with Gasteiger partial charge in [0.05, 0.1) is 0 Å². The SMILES string of the molecule is O=C1c2cc(F)ccc2C(F)(F)C1(F)F. The Kier molecular flexibility index (Phi) is 1.72. The Morgan fingerprint density at radius 3 is 2.20 bits per heavy atom. The summed E-state index contributed by atoms with van der Waals surface area (Å²) >= 11 is 0. The molecule has 0 spiro atoms. The summed E-state index contributed by atoms with van der Waals surface area (Å²) in [6, 6.07) is 1.51. The maximum absolute atomic E-state index is 13.0. The predicted molar refractivity (Wildman–Crippen MR) is 39.6 cm³/mol. The first-order valence-electron chi connectivity index (χ1n) is 3.89. The van der Waals surface area contributed by atoms with Gasteiger partial charge in [0.15, 0.2) is 0 Å². The highest BCUT2D eigenvalue weighted by molar-refractivity contribution is 6.07. The van der Waals surface area contributed by atoms with E-state index in [0.717, 1.165) is 0 Å². The first-order valence-corrected chi connectivity index (χ1v) is 3.89. The van der Waals surface area contributed by atoms with Crippen LogP contribution >= 0.6 is 0 Å². The van der Waals surface area contributed by atoms with Crippen LogP contribution in [0.5, 0.6) is 0 Å². The summed E-state index contributed by atoms with van der Waals surface area (Å²) < 4.78 is 64.2. The van der Waals surface area contributed by atoms with Crippen LogP contribution in [0.2, 0.25) is 0 Å². The van der Waals surface area contributed by atoms with Crippen LogP contribution < -0.4 is 0 Å². The molecular formula is C9H3F5O. The van der Waals surface area contributed by atoms with E-state index in [1.807, 2.05) is 0 Å². The van der Waals surface area contributed by atoms with Gasteiger partial charge in [0.25, 0.3) is 0 Å². The van der Waals surface area contributed by atoms with E-state index in [9.17, 15) is 26.7 Å². The molecule has 0 unspecified atom stereocenters. The highest BCUT2D eigenvalue weighted by Gasteiger charge is 2.69. The first-order chi connectivity index (χ1) is 6.78. The third-order valence-corrected chi connectivity index (χ3v) is 2.24. The summed E-state index contributed by atoms with van der Waals surface area (Å²) in [5, 5.41) is 0. The van der Waals surface area contributed by atoms with Crippen LogP contribution in [-0.4, -0.2) is 11.7 Å². The van der Waals surface area contributed by atoms with Gasteiger partial charge in [0, 0.05) is 11.1 Å². The van der Waals surface area contributed by atoms with Crippen molar-refractivity contribution in [2.75, 3.05) is 0 Å². The number of fused-ring (bicyclic) bond motifs is 1. The summed E-state index contributed by atoms with van der Waals surface area (Å²) in [6.45, 7) is 0. The number of benzene rings is 1. The molecule has 0 N–H and O–H groups in total. The van der Waals surface area contributed by atoms with Crippen LogP contribution in [-0.2, 0) is 5.92 Å². The van der Waals surface area contributed by atoms with Crippen molar-refractivity contribution in [3.63, 3.8) is 0 Å². The predicted octanol–water partition coefficient (Wildman–Crippen LogP) is 2.75. The highest BCUT2D eigenvalue weighted by atomic mass is 19.3. The summed E-state index contributed by atoms with van der Waals surface area (Å²) in [6.07, 6.45) is 0. The lowest BCUT2D eigenvalue weighted by Crippen LogP contribution is -2.37. The van der Waals surface area contributed by atoms with E-state index in [4.69, 9.17) is 0 Å². The van der Waals surface area contributed by atoms with Crippen molar-refractivity contribution in [2.24, 2.45) is 0 Å². The van der Waals surface area contributed by atoms with Crippen molar-refractivity contribution in [2.45, 2.75) is 11.8 Å². The third kappa shape index (κ3) is 1.04. The van der Waals surface area contributed by atoms with Crippen LogP contribution in [0.15, 0.2) is 18.2 Å². The molecule has 80 valence electrons. The molecule has 0 aromatic heterocycles. The largest absolute Gasteiger partial charge is 0.376 e. The smallest absolute Gasteiger partial charge is 0.287 e. The maximum atomic E-state index is 13.0. The van der Waals surface area contributed by atoms with Gasteiger partial charge in [-0.2, -0.15) is 17.6 Å².